The molecule has 0 N–H and O–H groups in total. The number of halogens is 1. The van der Waals surface area contributed by atoms with Crippen LogP contribution in [0.1, 0.15) is 99.0 Å². The summed E-state index contributed by atoms with van der Waals surface area (Å²) < 4.78 is 16.8. The monoisotopic (exact) mass is 516 g/mol. The summed E-state index contributed by atoms with van der Waals surface area (Å²) in [6.45, 7) is 21.0. The standard InChI is InChI=1S/C29H33FN4.2C2H6/c1-7-29(30)18(2)26-33(19-13-9-8-10-14-19)24-25(34(26)21-16-12-11-15-20(21)29)32-23-22(31-24)27(3,4)17-28(23,5)6;2*1-2/h8-16,18,26H,7,17H2,1-6H3;2*1-2H3. The van der Waals surface area contributed by atoms with Crippen molar-refractivity contribution in [2.75, 3.05) is 9.80 Å². The number of hydrogen-bond donors (Lipinski definition) is 0. The van der Waals surface area contributed by atoms with Crippen LogP contribution in [0.5, 0.6) is 0 Å². The SMILES string of the molecule is CC.CC.CCC1(F)c2ccccc2N2c3nc4c(nc3N(c3ccccc3)C2C1C)C(C)(C)CC4(C)C. The van der Waals surface area contributed by atoms with Gasteiger partial charge in [0.2, 0.25) is 0 Å². The highest BCUT2D eigenvalue weighted by molar-refractivity contribution is 5.86. The molecule has 4 nitrogen and oxygen atoms in total. The molecule has 2 aromatic carbocycles. The van der Waals surface area contributed by atoms with Gasteiger partial charge in [0.25, 0.3) is 0 Å². The van der Waals surface area contributed by atoms with Gasteiger partial charge in [0.05, 0.1) is 17.1 Å². The van der Waals surface area contributed by atoms with E-state index in [9.17, 15) is 0 Å². The van der Waals surface area contributed by atoms with Gasteiger partial charge in [-0.25, -0.2) is 14.4 Å². The van der Waals surface area contributed by atoms with E-state index in [4.69, 9.17) is 9.97 Å². The Kier molecular flexibility index (Phi) is 7.37. The predicted octanol–water partition coefficient (Wildman–Crippen LogP) is 9.33. The van der Waals surface area contributed by atoms with Crippen molar-refractivity contribution in [3.05, 3.63) is 71.5 Å². The van der Waals surface area contributed by atoms with Crippen LogP contribution in [0, 0.1) is 5.92 Å². The first kappa shape index (κ1) is 28.1. The smallest absolute Gasteiger partial charge is 0.178 e. The molecule has 3 aliphatic rings. The van der Waals surface area contributed by atoms with Crippen molar-refractivity contribution in [2.24, 2.45) is 5.92 Å². The molecule has 1 aromatic heterocycles. The third-order valence-electron chi connectivity index (χ3n) is 8.34. The third-order valence-corrected chi connectivity index (χ3v) is 8.34. The van der Waals surface area contributed by atoms with Crippen LogP contribution in [0.15, 0.2) is 54.6 Å². The van der Waals surface area contributed by atoms with Crippen molar-refractivity contribution >= 4 is 23.0 Å². The topological polar surface area (TPSA) is 32.3 Å². The summed E-state index contributed by atoms with van der Waals surface area (Å²) in [7, 11) is 0. The Hall–Kier alpha value is -2.95. The fraction of sp³-hybridized carbons (Fsp3) is 0.515. The van der Waals surface area contributed by atoms with E-state index < -0.39 is 5.67 Å². The Morgan fingerprint density at radius 3 is 1.84 bits per heavy atom. The summed E-state index contributed by atoms with van der Waals surface area (Å²) >= 11 is 0. The van der Waals surface area contributed by atoms with Gasteiger partial charge in [-0.3, -0.25) is 0 Å². The zero-order chi connectivity index (χ0) is 28.0. The van der Waals surface area contributed by atoms with Gasteiger partial charge in [-0.1, -0.05) is 106 Å². The summed E-state index contributed by atoms with van der Waals surface area (Å²) in [5.74, 6) is 1.39. The molecule has 0 fully saturated rings. The van der Waals surface area contributed by atoms with E-state index in [0.29, 0.717) is 6.42 Å². The maximum absolute atomic E-state index is 16.8. The van der Waals surface area contributed by atoms with Crippen LogP contribution < -0.4 is 9.80 Å². The Labute approximate surface area is 229 Å². The van der Waals surface area contributed by atoms with Gasteiger partial charge < -0.3 is 9.80 Å². The summed E-state index contributed by atoms with van der Waals surface area (Å²) in [5.41, 5.74) is 3.25. The van der Waals surface area contributed by atoms with Gasteiger partial charge in [-0.2, -0.15) is 0 Å². The number of para-hydroxylation sites is 2. The Morgan fingerprint density at radius 2 is 1.29 bits per heavy atom. The number of anilines is 4. The van der Waals surface area contributed by atoms with Gasteiger partial charge in [0.1, 0.15) is 11.8 Å². The average Bonchev–Trinajstić information content (AvgIpc) is 3.36. The minimum atomic E-state index is -1.44. The van der Waals surface area contributed by atoms with Crippen LogP contribution in [0.2, 0.25) is 0 Å². The number of aromatic nitrogens is 2. The van der Waals surface area contributed by atoms with E-state index >= 15 is 4.39 Å². The van der Waals surface area contributed by atoms with Crippen LogP contribution in [-0.4, -0.2) is 16.1 Å². The van der Waals surface area contributed by atoms with Crippen LogP contribution in [0.3, 0.4) is 0 Å². The van der Waals surface area contributed by atoms with Gasteiger partial charge >= 0.3 is 0 Å². The molecule has 3 aromatic rings. The van der Waals surface area contributed by atoms with Crippen molar-refractivity contribution in [3.8, 4) is 0 Å². The lowest BCUT2D eigenvalue weighted by molar-refractivity contribution is 0.0619. The zero-order valence-electron chi connectivity index (χ0n) is 24.9. The largest absolute Gasteiger partial charge is 0.301 e. The van der Waals surface area contributed by atoms with Crippen LogP contribution in [0.4, 0.5) is 27.4 Å². The highest BCUT2D eigenvalue weighted by Crippen LogP contribution is 2.59. The van der Waals surface area contributed by atoms with Crippen molar-refractivity contribution in [1.29, 1.82) is 0 Å². The van der Waals surface area contributed by atoms with Crippen LogP contribution in [-0.2, 0) is 16.5 Å². The third kappa shape index (κ3) is 3.92. The molecule has 3 unspecified atom stereocenters. The maximum atomic E-state index is 16.8. The van der Waals surface area contributed by atoms with E-state index in [2.05, 4.69) is 49.6 Å². The normalized spacial score (nSPS) is 25.1. The number of rotatable bonds is 2. The number of fused-ring (bicyclic) bond motifs is 6. The summed E-state index contributed by atoms with van der Waals surface area (Å²) in [6.07, 6.45) is 1.18. The first-order chi connectivity index (χ1) is 18.1. The first-order valence-corrected chi connectivity index (χ1v) is 14.4. The lowest BCUT2D eigenvalue weighted by atomic mass is 9.75. The molecule has 3 heterocycles. The van der Waals surface area contributed by atoms with Gasteiger partial charge in [0.15, 0.2) is 11.6 Å². The van der Waals surface area contributed by atoms with Crippen LogP contribution >= 0.6 is 0 Å². The Bertz CT molecular complexity index is 1290. The average molecular weight is 517 g/mol. The molecule has 0 amide bonds. The van der Waals surface area contributed by atoms with Crippen molar-refractivity contribution in [2.45, 2.75) is 105 Å². The Morgan fingerprint density at radius 1 is 0.789 bits per heavy atom. The minimum Gasteiger partial charge on any atom is -0.301 e. The van der Waals surface area contributed by atoms with Gasteiger partial charge in [0, 0.05) is 28.0 Å². The molecule has 38 heavy (non-hydrogen) atoms. The van der Waals surface area contributed by atoms with E-state index in [1.54, 1.807) is 0 Å². The molecule has 0 bridgehead atoms. The number of nitrogens with zero attached hydrogens (tertiary/aromatic N) is 4. The molecule has 204 valence electrons. The highest BCUT2D eigenvalue weighted by atomic mass is 19.1. The fourth-order valence-corrected chi connectivity index (χ4v) is 6.92. The van der Waals surface area contributed by atoms with Crippen molar-refractivity contribution in [1.82, 2.24) is 9.97 Å². The molecule has 0 spiro atoms. The molecule has 3 atom stereocenters. The number of alkyl halides is 1. The Balaban J connectivity index is 0.000000804. The number of hydrogen-bond acceptors (Lipinski definition) is 4. The predicted molar refractivity (Wildman–Crippen MR) is 159 cm³/mol. The van der Waals surface area contributed by atoms with E-state index in [0.717, 1.165) is 46.4 Å². The lowest BCUT2D eigenvalue weighted by Crippen LogP contribution is -2.54. The second-order valence-electron chi connectivity index (χ2n) is 11.5. The summed E-state index contributed by atoms with van der Waals surface area (Å²) in [4.78, 5) is 15.2. The van der Waals surface area contributed by atoms with Gasteiger partial charge in [-0.05, 0) is 31.0 Å². The molecule has 6 rings (SSSR count). The number of benzene rings is 2. The summed E-state index contributed by atoms with van der Waals surface area (Å²) in [6, 6.07) is 18.2. The molecule has 2 aliphatic heterocycles. The van der Waals surface area contributed by atoms with Crippen molar-refractivity contribution < 1.29 is 4.39 Å². The second-order valence-corrected chi connectivity index (χ2v) is 11.5. The molecule has 0 radical (unpaired) electrons. The molecular weight excluding hydrogens is 471 g/mol. The quantitative estimate of drug-likeness (QED) is 0.340. The van der Waals surface area contributed by atoms with E-state index in [1.165, 1.54) is 0 Å². The molecular formula is C33H45FN4. The lowest BCUT2D eigenvalue weighted by Gasteiger charge is -2.48. The fourth-order valence-electron chi connectivity index (χ4n) is 6.92. The highest BCUT2D eigenvalue weighted by Gasteiger charge is 2.57. The minimum absolute atomic E-state index is 0.0648. The van der Waals surface area contributed by atoms with Crippen LogP contribution in [0.25, 0.3) is 0 Å². The summed E-state index contributed by atoms with van der Waals surface area (Å²) in [5, 5.41) is 0. The molecule has 0 saturated carbocycles. The first-order valence-electron chi connectivity index (χ1n) is 14.4. The molecule has 1 aliphatic carbocycles. The second kappa shape index (κ2) is 9.98. The maximum Gasteiger partial charge on any atom is 0.178 e. The van der Waals surface area contributed by atoms with Gasteiger partial charge in [-0.15, -0.1) is 0 Å². The van der Waals surface area contributed by atoms with Crippen molar-refractivity contribution in [3.63, 3.8) is 0 Å². The molecule has 5 heteroatoms. The molecule has 0 saturated heterocycles. The van der Waals surface area contributed by atoms with E-state index in [-0.39, 0.29) is 22.9 Å². The van der Waals surface area contributed by atoms with E-state index in [1.807, 2.05) is 84.0 Å². The zero-order valence-corrected chi connectivity index (χ0v) is 24.9.